The minimum Gasteiger partial charge on any atom is -0.264 e. The molecule has 0 spiro atoms. The Morgan fingerprint density at radius 1 is 0.606 bits per heavy atom. The quantitative estimate of drug-likeness (QED) is 0.307. The predicted octanol–water partition coefficient (Wildman–Crippen LogP) is 5.68. The molecular weight excluding hydrogens is 406 g/mol. The van der Waals surface area contributed by atoms with Crippen LogP contribution in [0.15, 0.2) is 0 Å². The molecule has 0 aliphatic rings. The molecule has 5 nitrogen and oxygen atoms in total. The van der Waals surface area contributed by atoms with Crippen LogP contribution >= 0.6 is 0 Å². The highest BCUT2D eigenvalue weighted by atomic mass is 15.3. The highest BCUT2D eigenvalue weighted by Gasteiger charge is 2.32. The van der Waals surface area contributed by atoms with Crippen LogP contribution in [0.5, 0.6) is 0 Å². The van der Waals surface area contributed by atoms with Gasteiger partial charge in [-0.15, -0.1) is 0 Å². The molecule has 3 heterocycles. The average Bonchev–Trinajstić information content (AvgIpc) is 3.38. The van der Waals surface area contributed by atoms with Crippen molar-refractivity contribution in [3.05, 3.63) is 56.0 Å². The molecule has 5 rings (SSSR count). The molecule has 172 valence electrons. The van der Waals surface area contributed by atoms with E-state index < -0.39 is 0 Å². The van der Waals surface area contributed by atoms with Gasteiger partial charge >= 0.3 is 0 Å². The van der Waals surface area contributed by atoms with E-state index in [-0.39, 0.29) is 0 Å². The normalized spacial score (nSPS) is 12.2. The maximum absolute atomic E-state index is 5.36. The van der Waals surface area contributed by atoms with Crippen molar-refractivity contribution in [2.45, 2.75) is 69.2 Å². The highest BCUT2D eigenvalue weighted by molar-refractivity contribution is 5.98. The maximum atomic E-state index is 5.36. The van der Waals surface area contributed by atoms with Crippen molar-refractivity contribution >= 4 is 27.8 Å². The summed E-state index contributed by atoms with van der Waals surface area (Å²) in [5.41, 5.74) is 16.8. The number of rotatable bonds is 1. The van der Waals surface area contributed by atoms with Crippen LogP contribution in [0.1, 0.15) is 56.0 Å². The summed E-state index contributed by atoms with van der Waals surface area (Å²) in [6.07, 6.45) is 0. The first-order valence-electron chi connectivity index (χ1n) is 11.8. The Labute approximate surface area is 196 Å². The number of hydrogen-bond donors (Lipinski definition) is 0. The average molecular weight is 443 g/mol. The summed E-state index contributed by atoms with van der Waals surface area (Å²) in [5, 5.41) is 0. The van der Waals surface area contributed by atoms with Gasteiger partial charge in [0.25, 0.3) is 11.6 Å². The lowest BCUT2D eigenvalue weighted by molar-refractivity contribution is -0.671. The van der Waals surface area contributed by atoms with Crippen LogP contribution in [0.3, 0.4) is 0 Å². The summed E-state index contributed by atoms with van der Waals surface area (Å²) >= 11 is 0. The van der Waals surface area contributed by atoms with E-state index in [1.54, 1.807) is 0 Å². The summed E-state index contributed by atoms with van der Waals surface area (Å²) in [7, 11) is 4.31. The first kappa shape index (κ1) is 21.7. The van der Waals surface area contributed by atoms with Gasteiger partial charge in [0.1, 0.15) is 11.2 Å². The number of benzene rings is 2. The van der Waals surface area contributed by atoms with Crippen molar-refractivity contribution in [3.8, 4) is 5.82 Å². The Morgan fingerprint density at radius 2 is 1.09 bits per heavy atom. The molecule has 5 heteroatoms. The molecule has 0 bridgehead atoms. The van der Waals surface area contributed by atoms with Crippen LogP contribution in [-0.2, 0) is 14.1 Å². The van der Waals surface area contributed by atoms with Crippen LogP contribution in [0.4, 0.5) is 0 Å². The monoisotopic (exact) mass is 442 g/mol. The fraction of sp³-hybridized carbons (Fsp3) is 0.429. The summed E-state index contributed by atoms with van der Waals surface area (Å²) in [4.78, 5) is 5.36. The summed E-state index contributed by atoms with van der Waals surface area (Å²) in [6.45, 7) is 22.4. The van der Waals surface area contributed by atoms with E-state index in [2.05, 4.69) is 101 Å². The van der Waals surface area contributed by atoms with Gasteiger partial charge in [0.2, 0.25) is 0 Å². The second-order valence-electron chi connectivity index (χ2n) is 10.1. The smallest absolute Gasteiger partial charge is 0.264 e. The van der Waals surface area contributed by atoms with Crippen LogP contribution in [-0.4, -0.2) is 18.5 Å². The van der Waals surface area contributed by atoms with E-state index >= 15 is 0 Å². The number of nitrogens with zero attached hydrogens (tertiary/aromatic N) is 5. The van der Waals surface area contributed by atoms with Gasteiger partial charge in [-0.25, -0.2) is 4.57 Å². The lowest BCUT2D eigenvalue weighted by atomic mass is 9.96. The fourth-order valence-corrected chi connectivity index (χ4v) is 5.74. The second-order valence-corrected chi connectivity index (χ2v) is 10.1. The minimum atomic E-state index is 0.997. The van der Waals surface area contributed by atoms with Gasteiger partial charge in [0.05, 0.1) is 30.6 Å². The number of aromatic nitrogens is 5. The number of aryl methyl sites for hydroxylation is 4. The van der Waals surface area contributed by atoms with Crippen molar-refractivity contribution in [2.75, 3.05) is 0 Å². The first-order valence-corrected chi connectivity index (χ1v) is 11.8. The van der Waals surface area contributed by atoms with Gasteiger partial charge < -0.3 is 0 Å². The molecule has 0 aliphatic carbocycles. The SMILES string of the molecule is Cc1c(C)c(C)c2c(nc3n(-c4c(C)n(C)c(C)[n+]4C)c4c(C)c(C)c(C)c(C)c4n23)c1C. The molecule has 33 heavy (non-hydrogen) atoms. The molecule has 0 fully saturated rings. The number of fused-ring (bicyclic) bond motifs is 5. The molecule has 5 aromatic rings. The topological polar surface area (TPSA) is 31.0 Å². The molecular formula is C28H36N5+. The van der Waals surface area contributed by atoms with E-state index in [9.17, 15) is 0 Å². The molecule has 0 saturated heterocycles. The molecule has 0 unspecified atom stereocenters. The van der Waals surface area contributed by atoms with Crippen LogP contribution < -0.4 is 4.57 Å². The molecule has 0 aliphatic heterocycles. The van der Waals surface area contributed by atoms with Crippen molar-refractivity contribution in [3.63, 3.8) is 0 Å². The zero-order chi connectivity index (χ0) is 24.3. The molecule has 0 amide bonds. The number of imidazole rings is 3. The molecule has 3 aromatic heterocycles. The zero-order valence-electron chi connectivity index (χ0n) is 22.2. The van der Waals surface area contributed by atoms with Gasteiger partial charge in [0, 0.05) is 6.92 Å². The Kier molecular flexibility index (Phi) is 4.43. The fourth-order valence-electron chi connectivity index (χ4n) is 5.74. The van der Waals surface area contributed by atoms with Gasteiger partial charge in [-0.05, 0) is 107 Å². The van der Waals surface area contributed by atoms with Crippen LogP contribution in [0, 0.1) is 69.2 Å². The van der Waals surface area contributed by atoms with E-state index in [4.69, 9.17) is 4.98 Å². The van der Waals surface area contributed by atoms with Crippen molar-refractivity contribution in [1.82, 2.24) is 18.5 Å². The summed E-state index contributed by atoms with van der Waals surface area (Å²) < 4.78 is 9.43. The van der Waals surface area contributed by atoms with Crippen molar-refractivity contribution in [2.24, 2.45) is 14.1 Å². The number of hydrogen-bond acceptors (Lipinski definition) is 1. The maximum Gasteiger partial charge on any atom is 0.282 e. The van der Waals surface area contributed by atoms with E-state index in [1.807, 2.05) is 0 Å². The van der Waals surface area contributed by atoms with Gasteiger partial charge in [0.15, 0.2) is 5.82 Å². The van der Waals surface area contributed by atoms with Gasteiger partial charge in [-0.1, -0.05) is 0 Å². The van der Waals surface area contributed by atoms with Gasteiger partial charge in [-0.3, -0.25) is 8.97 Å². The van der Waals surface area contributed by atoms with Gasteiger partial charge in [-0.2, -0.15) is 9.55 Å². The minimum absolute atomic E-state index is 0.997. The Hall–Kier alpha value is -3.08. The lowest BCUT2D eigenvalue weighted by Crippen LogP contribution is -2.35. The largest absolute Gasteiger partial charge is 0.282 e. The molecule has 0 radical (unpaired) electrons. The third kappa shape index (κ3) is 2.43. The Balaban J connectivity index is 2.21. The molecule has 0 atom stereocenters. The second kappa shape index (κ2) is 6.72. The highest BCUT2D eigenvalue weighted by Crippen LogP contribution is 2.38. The van der Waals surface area contributed by atoms with E-state index in [0.717, 1.165) is 11.3 Å². The van der Waals surface area contributed by atoms with Crippen molar-refractivity contribution < 1.29 is 4.57 Å². The van der Waals surface area contributed by atoms with Crippen LogP contribution in [0.2, 0.25) is 0 Å². The van der Waals surface area contributed by atoms with E-state index in [1.165, 1.54) is 78.4 Å². The summed E-state index contributed by atoms with van der Waals surface area (Å²) in [5.74, 6) is 3.40. The summed E-state index contributed by atoms with van der Waals surface area (Å²) in [6, 6.07) is 0. The van der Waals surface area contributed by atoms with Crippen molar-refractivity contribution in [1.29, 1.82) is 0 Å². The first-order chi connectivity index (χ1) is 15.4. The Bertz CT molecular complexity index is 1640. The standard InChI is InChI=1S/C28H36N5/c1-13-14(2)18(6)24-23(17(13)5)29-28-32(24)25-19(7)15(3)16(4)20(8)26(25)33(28)27-21(9)30(11)22(10)31(27)12/h1-12H3/q+1. The van der Waals surface area contributed by atoms with Crippen LogP contribution in [0.25, 0.3) is 33.7 Å². The molecule has 2 aromatic carbocycles. The third-order valence-electron chi connectivity index (χ3n) is 8.85. The molecule has 0 N–H and O–H groups in total. The Morgan fingerprint density at radius 3 is 1.61 bits per heavy atom. The predicted molar refractivity (Wildman–Crippen MR) is 137 cm³/mol. The third-order valence-corrected chi connectivity index (χ3v) is 8.85. The molecule has 0 saturated carbocycles. The zero-order valence-corrected chi connectivity index (χ0v) is 22.2. The lowest BCUT2D eigenvalue weighted by Gasteiger charge is -2.13. The van der Waals surface area contributed by atoms with E-state index in [0.29, 0.717) is 0 Å².